The first-order valence-corrected chi connectivity index (χ1v) is 24.3. The SMILES string of the molecule is CNCC1CCN(c2ncccn2)CC1.NC1CCC(N2CCN(c3ncccn3)CC2)CC1.OCCCN1CCN(c2ncccn2)CC1.c1cnc(N2CCC3(CC2)CNC3)nc1. The summed E-state index contributed by atoms with van der Waals surface area (Å²) < 4.78 is 0. The zero-order valence-corrected chi connectivity index (χ0v) is 38.8. The molecule has 0 amide bonds. The minimum atomic E-state index is 0.280. The monoisotopic (exact) mass is 894 g/mol. The van der Waals surface area contributed by atoms with Crippen molar-refractivity contribution >= 4 is 23.8 Å². The highest BCUT2D eigenvalue weighted by Crippen LogP contribution is 2.35. The summed E-state index contributed by atoms with van der Waals surface area (Å²) in [5.41, 5.74) is 6.58. The van der Waals surface area contributed by atoms with Crippen molar-refractivity contribution in [2.45, 2.75) is 69.9 Å². The van der Waals surface area contributed by atoms with Gasteiger partial charge in [-0.2, -0.15) is 0 Å². The van der Waals surface area contributed by atoms with Crippen LogP contribution in [0.5, 0.6) is 0 Å². The molecule has 0 bridgehead atoms. The Morgan fingerprint density at radius 2 is 0.985 bits per heavy atom. The highest BCUT2D eigenvalue weighted by atomic mass is 16.3. The van der Waals surface area contributed by atoms with Crippen molar-refractivity contribution in [2.75, 3.05) is 138 Å². The molecular formula is C47H75N17O. The Labute approximate surface area is 386 Å². The molecule has 65 heavy (non-hydrogen) atoms. The molecular weight excluding hydrogens is 819 g/mol. The summed E-state index contributed by atoms with van der Waals surface area (Å²) in [5, 5.41) is 15.4. The lowest BCUT2D eigenvalue weighted by atomic mass is 9.73. The third-order valence-electron chi connectivity index (χ3n) is 13.8. The summed E-state index contributed by atoms with van der Waals surface area (Å²) in [4.78, 5) is 48.3. The topological polar surface area (TPSA) is 193 Å². The Hall–Kier alpha value is -4.72. The average molecular weight is 894 g/mol. The summed E-state index contributed by atoms with van der Waals surface area (Å²) in [6, 6.07) is 8.61. The quantitative estimate of drug-likeness (QED) is 0.181. The van der Waals surface area contributed by atoms with Gasteiger partial charge in [0, 0.05) is 166 Å². The number of nitrogens with two attached hydrogens (primary N) is 1. The fraction of sp³-hybridized carbons (Fsp3) is 0.660. The molecule has 4 aromatic heterocycles. The third-order valence-corrected chi connectivity index (χ3v) is 13.8. The van der Waals surface area contributed by atoms with Gasteiger partial charge in [-0.1, -0.05) is 0 Å². The van der Waals surface area contributed by atoms with Crippen molar-refractivity contribution < 1.29 is 5.11 Å². The van der Waals surface area contributed by atoms with Crippen LogP contribution in [-0.2, 0) is 0 Å². The number of nitrogens with one attached hydrogen (secondary N) is 2. The first kappa shape index (κ1) is 48.2. The molecule has 5 saturated heterocycles. The second-order valence-corrected chi connectivity index (χ2v) is 18.3. The van der Waals surface area contributed by atoms with Gasteiger partial charge in [0.25, 0.3) is 0 Å². The number of hydrogen-bond donors (Lipinski definition) is 4. The van der Waals surface area contributed by atoms with Crippen LogP contribution in [0.4, 0.5) is 23.8 Å². The molecule has 9 heterocycles. The number of aliphatic hydroxyl groups is 1. The standard InChI is InChI=1S/C14H23N5.C11H18N4O.C11H16N4.C11H18N4/c15-12-2-4-13(5-3-12)18-8-10-19(11-9-18)14-16-6-1-7-17-14;16-10-2-5-14-6-8-15(9-7-14)11-12-3-1-4-13-11;1-4-13-10(14-5-1)15-6-2-11(3-7-15)8-12-9-11;1-12-9-10-3-7-15(8-4-10)11-13-5-2-6-14-11/h1,6-7,12-13H,2-5,8-11,15H2;1,3-4,16H,2,5-10H2;1,4-5,12H,2-3,6-9H2;2,5-6,10,12H,3-4,7-9H2,1H3. The van der Waals surface area contributed by atoms with E-state index in [2.05, 4.69) is 79.9 Å². The number of hydrogen-bond acceptors (Lipinski definition) is 18. The maximum atomic E-state index is 8.77. The second kappa shape index (κ2) is 25.8. The number of nitrogens with zero attached hydrogens (tertiary/aromatic N) is 14. The molecule has 6 fully saturated rings. The van der Waals surface area contributed by atoms with E-state index in [0.717, 1.165) is 134 Å². The van der Waals surface area contributed by atoms with E-state index in [9.17, 15) is 0 Å². The van der Waals surface area contributed by atoms with Crippen LogP contribution in [0.3, 0.4) is 0 Å². The zero-order valence-electron chi connectivity index (χ0n) is 38.8. The molecule has 5 N–H and O–H groups in total. The number of rotatable bonds is 10. The molecule has 0 aromatic carbocycles. The molecule has 0 unspecified atom stereocenters. The molecule has 354 valence electrons. The van der Waals surface area contributed by atoms with Gasteiger partial charge in [-0.25, -0.2) is 39.9 Å². The highest BCUT2D eigenvalue weighted by Gasteiger charge is 2.40. The predicted octanol–water partition coefficient (Wildman–Crippen LogP) is 2.43. The van der Waals surface area contributed by atoms with Crippen molar-refractivity contribution in [3.8, 4) is 0 Å². The molecule has 0 radical (unpaired) electrons. The normalized spacial score (nSPS) is 22.6. The Morgan fingerprint density at radius 1 is 0.569 bits per heavy atom. The predicted molar refractivity (Wildman–Crippen MR) is 258 cm³/mol. The molecule has 1 aliphatic carbocycles. The average Bonchev–Trinajstić information content (AvgIpc) is 3.38. The fourth-order valence-corrected chi connectivity index (χ4v) is 9.68. The minimum absolute atomic E-state index is 0.280. The highest BCUT2D eigenvalue weighted by molar-refractivity contribution is 5.32. The van der Waals surface area contributed by atoms with Gasteiger partial charge in [0.1, 0.15) is 0 Å². The Balaban J connectivity index is 0.000000130. The summed E-state index contributed by atoms with van der Waals surface area (Å²) in [7, 11) is 2.02. The number of aromatic nitrogens is 8. The number of aliphatic hydroxyl groups excluding tert-OH is 1. The van der Waals surface area contributed by atoms with Crippen molar-refractivity contribution in [2.24, 2.45) is 17.1 Å². The van der Waals surface area contributed by atoms with Gasteiger partial charge in [-0.05, 0) is 107 Å². The van der Waals surface area contributed by atoms with Crippen LogP contribution in [0.1, 0.15) is 57.8 Å². The van der Waals surface area contributed by atoms with Crippen LogP contribution >= 0.6 is 0 Å². The summed E-state index contributed by atoms with van der Waals surface area (Å²) in [5.74, 6) is 4.27. The van der Waals surface area contributed by atoms with Crippen molar-refractivity contribution in [1.82, 2.24) is 60.3 Å². The van der Waals surface area contributed by atoms with E-state index in [-0.39, 0.29) is 6.61 Å². The second-order valence-electron chi connectivity index (χ2n) is 18.3. The van der Waals surface area contributed by atoms with Gasteiger partial charge in [-0.3, -0.25) is 9.80 Å². The first-order valence-electron chi connectivity index (χ1n) is 24.3. The van der Waals surface area contributed by atoms with Crippen molar-refractivity contribution in [1.29, 1.82) is 0 Å². The molecule has 5 aliphatic heterocycles. The van der Waals surface area contributed by atoms with Crippen LogP contribution in [0.15, 0.2) is 73.8 Å². The van der Waals surface area contributed by atoms with Crippen molar-refractivity contribution in [3.63, 3.8) is 0 Å². The van der Waals surface area contributed by atoms with Crippen LogP contribution in [0.25, 0.3) is 0 Å². The fourth-order valence-electron chi connectivity index (χ4n) is 9.68. The lowest BCUT2D eigenvalue weighted by Gasteiger charge is -2.48. The molecule has 10 rings (SSSR count). The van der Waals surface area contributed by atoms with E-state index < -0.39 is 0 Å². The summed E-state index contributed by atoms with van der Waals surface area (Å²) in [6.07, 6.45) is 25.2. The van der Waals surface area contributed by atoms with Gasteiger partial charge >= 0.3 is 0 Å². The van der Waals surface area contributed by atoms with Crippen LogP contribution in [-0.4, -0.2) is 185 Å². The molecule has 1 saturated carbocycles. The Kier molecular flexibility index (Phi) is 19.2. The summed E-state index contributed by atoms with van der Waals surface area (Å²) >= 11 is 0. The maximum Gasteiger partial charge on any atom is 0.225 e. The van der Waals surface area contributed by atoms with Gasteiger partial charge in [0.15, 0.2) is 0 Å². The number of piperazine rings is 2. The van der Waals surface area contributed by atoms with Gasteiger partial charge < -0.3 is 41.1 Å². The molecule has 1 spiro atoms. The van der Waals surface area contributed by atoms with E-state index in [1.165, 1.54) is 64.5 Å². The van der Waals surface area contributed by atoms with Crippen molar-refractivity contribution in [3.05, 3.63) is 73.8 Å². The smallest absolute Gasteiger partial charge is 0.225 e. The Morgan fingerprint density at radius 3 is 1.38 bits per heavy atom. The zero-order chi connectivity index (χ0) is 44.9. The molecule has 18 nitrogen and oxygen atoms in total. The Bertz CT molecular complexity index is 1830. The first-order chi connectivity index (χ1) is 32.0. The van der Waals surface area contributed by atoms with E-state index >= 15 is 0 Å². The lowest BCUT2D eigenvalue weighted by Crippen LogP contribution is -2.58. The summed E-state index contributed by atoms with van der Waals surface area (Å²) in [6.45, 7) is 17.5. The van der Waals surface area contributed by atoms with Gasteiger partial charge in [-0.15, -0.1) is 0 Å². The molecule has 0 atom stereocenters. The van der Waals surface area contributed by atoms with E-state index in [4.69, 9.17) is 10.8 Å². The van der Waals surface area contributed by atoms with E-state index in [1.807, 2.05) is 68.5 Å². The van der Waals surface area contributed by atoms with E-state index in [0.29, 0.717) is 11.5 Å². The van der Waals surface area contributed by atoms with Gasteiger partial charge in [0.2, 0.25) is 23.8 Å². The molecule has 4 aromatic rings. The van der Waals surface area contributed by atoms with Crippen LogP contribution in [0.2, 0.25) is 0 Å². The third kappa shape index (κ3) is 14.9. The minimum Gasteiger partial charge on any atom is -0.396 e. The van der Waals surface area contributed by atoms with E-state index in [1.54, 1.807) is 12.4 Å². The number of piperidine rings is 2. The molecule has 18 heteroatoms. The maximum absolute atomic E-state index is 8.77. The lowest BCUT2D eigenvalue weighted by molar-refractivity contribution is 0.126. The van der Waals surface area contributed by atoms with Crippen LogP contribution in [0, 0.1) is 11.3 Å². The van der Waals surface area contributed by atoms with Gasteiger partial charge in [0.05, 0.1) is 0 Å². The molecule has 6 aliphatic rings. The number of anilines is 4. The van der Waals surface area contributed by atoms with Crippen LogP contribution < -0.4 is 36.0 Å². The largest absolute Gasteiger partial charge is 0.396 e.